The molecule has 0 saturated carbocycles. The molecule has 6 heteroatoms. The smallest absolute Gasteiger partial charge is 0.410 e. The van der Waals surface area contributed by atoms with Crippen LogP contribution in [0.1, 0.15) is 27.2 Å². The van der Waals surface area contributed by atoms with Gasteiger partial charge in [-0.05, 0) is 39.7 Å². The predicted molar refractivity (Wildman–Crippen MR) is 71.0 cm³/mol. The maximum absolute atomic E-state index is 11.8. The number of carbonyl (C=O) groups excluding carboxylic acids is 1. The Morgan fingerprint density at radius 3 is 2.58 bits per heavy atom. The fourth-order valence-corrected chi connectivity index (χ4v) is 2.20. The number of hydrogen-bond acceptors (Lipinski definition) is 4. The number of ether oxygens (including phenoxy) is 1. The molecule has 0 aromatic heterocycles. The Balaban J connectivity index is 2.36. The van der Waals surface area contributed by atoms with Crippen LogP contribution in [0.15, 0.2) is 0 Å². The first kappa shape index (κ1) is 15.8. The zero-order chi connectivity index (χ0) is 14.6. The molecular weight excluding hydrogens is 248 g/mol. The molecule has 1 saturated heterocycles. The van der Waals surface area contributed by atoms with Crippen molar-refractivity contribution in [1.29, 1.82) is 0 Å². The molecule has 1 N–H and O–H groups in total. The molecule has 1 aliphatic rings. The highest BCUT2D eigenvalue weighted by atomic mass is 16.6. The molecule has 110 valence electrons. The number of rotatable bonds is 4. The minimum absolute atomic E-state index is 0.0760. The molecule has 6 nitrogen and oxygen atoms in total. The van der Waals surface area contributed by atoms with Crippen LogP contribution in [0.25, 0.3) is 0 Å². The van der Waals surface area contributed by atoms with Gasteiger partial charge in [-0.25, -0.2) is 4.79 Å². The first-order valence-electron chi connectivity index (χ1n) is 6.55. The van der Waals surface area contributed by atoms with E-state index < -0.39 is 11.6 Å². The highest BCUT2D eigenvalue weighted by molar-refractivity contribution is 5.69. The van der Waals surface area contributed by atoms with Crippen molar-refractivity contribution < 1.29 is 19.4 Å². The predicted octanol–water partition coefficient (Wildman–Crippen LogP) is 1.26. The van der Waals surface area contributed by atoms with Gasteiger partial charge in [0.05, 0.1) is 6.54 Å². The summed E-state index contributed by atoms with van der Waals surface area (Å²) in [5.41, 5.74) is -0.490. The zero-order valence-corrected chi connectivity index (χ0v) is 12.2. The van der Waals surface area contributed by atoms with E-state index in [1.54, 1.807) is 11.9 Å². The van der Waals surface area contributed by atoms with Crippen molar-refractivity contribution >= 4 is 12.1 Å². The number of carboxylic acids is 1. The van der Waals surface area contributed by atoms with Gasteiger partial charge in [-0.2, -0.15) is 0 Å². The van der Waals surface area contributed by atoms with Crippen LogP contribution >= 0.6 is 0 Å². The van der Waals surface area contributed by atoms with Crippen molar-refractivity contribution in [1.82, 2.24) is 9.80 Å². The van der Waals surface area contributed by atoms with Crippen molar-refractivity contribution in [3.63, 3.8) is 0 Å². The summed E-state index contributed by atoms with van der Waals surface area (Å²) in [5.74, 6) is -0.488. The summed E-state index contributed by atoms with van der Waals surface area (Å²) in [6, 6.07) is 0. The van der Waals surface area contributed by atoms with E-state index in [1.807, 2.05) is 25.7 Å². The molecule has 0 unspecified atom stereocenters. The van der Waals surface area contributed by atoms with Gasteiger partial charge >= 0.3 is 12.1 Å². The van der Waals surface area contributed by atoms with E-state index in [0.29, 0.717) is 12.5 Å². The lowest BCUT2D eigenvalue weighted by Gasteiger charge is -2.26. The Labute approximate surface area is 114 Å². The molecule has 1 rings (SSSR count). The number of carbonyl (C=O) groups is 2. The first-order chi connectivity index (χ1) is 8.67. The minimum Gasteiger partial charge on any atom is -0.480 e. The Bertz CT molecular complexity index is 338. The van der Waals surface area contributed by atoms with E-state index in [0.717, 1.165) is 19.5 Å². The highest BCUT2D eigenvalue weighted by Gasteiger charge is 2.27. The zero-order valence-electron chi connectivity index (χ0n) is 12.2. The quantitative estimate of drug-likeness (QED) is 0.834. The van der Waals surface area contributed by atoms with Gasteiger partial charge < -0.3 is 14.7 Å². The SMILES string of the molecule is CN(C[C@@H]1CCN(CC(=O)O)C1)C(=O)OC(C)(C)C. The molecule has 0 bridgehead atoms. The van der Waals surface area contributed by atoms with Crippen LogP contribution in [-0.2, 0) is 9.53 Å². The molecule has 1 aliphatic heterocycles. The lowest BCUT2D eigenvalue weighted by molar-refractivity contribution is -0.138. The second kappa shape index (κ2) is 6.23. The van der Waals surface area contributed by atoms with Gasteiger partial charge in [0.15, 0.2) is 0 Å². The van der Waals surface area contributed by atoms with Crippen LogP contribution in [-0.4, -0.2) is 65.8 Å². The lowest BCUT2D eigenvalue weighted by atomic mass is 10.1. The summed E-state index contributed by atoms with van der Waals surface area (Å²) >= 11 is 0. The lowest BCUT2D eigenvalue weighted by Crippen LogP contribution is -2.37. The largest absolute Gasteiger partial charge is 0.480 e. The van der Waals surface area contributed by atoms with E-state index in [1.165, 1.54) is 0 Å². The Morgan fingerprint density at radius 1 is 1.42 bits per heavy atom. The van der Waals surface area contributed by atoms with E-state index >= 15 is 0 Å². The normalized spacial score (nSPS) is 20.3. The molecule has 1 fully saturated rings. The first-order valence-corrected chi connectivity index (χ1v) is 6.55. The molecule has 0 aliphatic carbocycles. The van der Waals surface area contributed by atoms with Crippen LogP contribution in [0.2, 0.25) is 0 Å². The molecule has 0 aromatic carbocycles. The summed E-state index contributed by atoms with van der Waals surface area (Å²) in [7, 11) is 1.72. The van der Waals surface area contributed by atoms with E-state index in [4.69, 9.17) is 9.84 Å². The molecule has 1 atom stereocenters. The summed E-state index contributed by atoms with van der Waals surface area (Å²) in [6.07, 6.45) is 0.588. The van der Waals surface area contributed by atoms with Crippen molar-refractivity contribution in [2.75, 3.05) is 33.2 Å². The summed E-state index contributed by atoms with van der Waals surface area (Å²) < 4.78 is 5.28. The molecule has 0 radical (unpaired) electrons. The van der Waals surface area contributed by atoms with Crippen LogP contribution in [0.4, 0.5) is 4.79 Å². The molecular formula is C13H24N2O4. The second-order valence-electron chi connectivity index (χ2n) is 6.14. The van der Waals surface area contributed by atoms with Gasteiger partial charge in [-0.3, -0.25) is 9.69 Å². The van der Waals surface area contributed by atoms with Gasteiger partial charge in [0.2, 0.25) is 0 Å². The van der Waals surface area contributed by atoms with Gasteiger partial charge in [0.1, 0.15) is 5.60 Å². The number of carboxylic acid groups (broad SMARTS) is 1. The standard InChI is InChI=1S/C13H24N2O4/c1-13(2,3)19-12(18)14(4)7-10-5-6-15(8-10)9-11(16)17/h10H,5-9H2,1-4H3,(H,16,17)/t10-/m0/s1. The third-order valence-electron chi connectivity index (χ3n) is 2.97. The number of amides is 1. The Hall–Kier alpha value is -1.30. The molecule has 1 amide bonds. The topological polar surface area (TPSA) is 70.1 Å². The average molecular weight is 272 g/mol. The van der Waals surface area contributed by atoms with Gasteiger partial charge in [0.25, 0.3) is 0 Å². The van der Waals surface area contributed by atoms with Crippen molar-refractivity contribution in [2.24, 2.45) is 5.92 Å². The van der Waals surface area contributed by atoms with E-state index in [9.17, 15) is 9.59 Å². The summed E-state index contributed by atoms with van der Waals surface area (Å²) in [5, 5.41) is 8.73. The third-order valence-corrected chi connectivity index (χ3v) is 2.97. The maximum atomic E-state index is 11.8. The molecule has 19 heavy (non-hydrogen) atoms. The average Bonchev–Trinajstić information content (AvgIpc) is 2.61. The Kier molecular flexibility index (Phi) is 5.17. The summed E-state index contributed by atoms with van der Waals surface area (Å²) in [6.45, 7) is 7.69. The highest BCUT2D eigenvalue weighted by Crippen LogP contribution is 2.18. The number of aliphatic carboxylic acids is 1. The van der Waals surface area contributed by atoms with Crippen molar-refractivity contribution in [3.8, 4) is 0 Å². The van der Waals surface area contributed by atoms with Crippen LogP contribution in [0.3, 0.4) is 0 Å². The van der Waals surface area contributed by atoms with E-state index in [-0.39, 0.29) is 12.6 Å². The van der Waals surface area contributed by atoms with Crippen LogP contribution in [0, 0.1) is 5.92 Å². The third kappa shape index (κ3) is 5.92. The minimum atomic E-state index is -0.804. The van der Waals surface area contributed by atoms with Gasteiger partial charge in [-0.15, -0.1) is 0 Å². The maximum Gasteiger partial charge on any atom is 0.410 e. The molecule has 0 aromatic rings. The number of likely N-dealkylation sites (tertiary alicyclic amines) is 1. The van der Waals surface area contributed by atoms with Crippen LogP contribution < -0.4 is 0 Å². The fraction of sp³-hybridized carbons (Fsp3) is 0.846. The summed E-state index contributed by atoms with van der Waals surface area (Å²) in [4.78, 5) is 25.9. The second-order valence-corrected chi connectivity index (χ2v) is 6.14. The van der Waals surface area contributed by atoms with Gasteiger partial charge in [0, 0.05) is 20.1 Å². The number of hydrogen-bond donors (Lipinski definition) is 1. The van der Waals surface area contributed by atoms with E-state index in [2.05, 4.69) is 0 Å². The fourth-order valence-electron chi connectivity index (χ4n) is 2.20. The Morgan fingerprint density at radius 2 is 2.05 bits per heavy atom. The van der Waals surface area contributed by atoms with Crippen molar-refractivity contribution in [3.05, 3.63) is 0 Å². The molecule has 0 spiro atoms. The molecule has 1 heterocycles. The number of nitrogens with zero attached hydrogens (tertiary/aromatic N) is 2. The van der Waals surface area contributed by atoms with Crippen LogP contribution in [0.5, 0.6) is 0 Å². The van der Waals surface area contributed by atoms with Crippen molar-refractivity contribution in [2.45, 2.75) is 32.8 Å². The monoisotopic (exact) mass is 272 g/mol. The van der Waals surface area contributed by atoms with Gasteiger partial charge in [-0.1, -0.05) is 0 Å².